The van der Waals surface area contributed by atoms with E-state index in [1.165, 1.54) is 119 Å². The van der Waals surface area contributed by atoms with Crippen LogP contribution >= 0.6 is 15.9 Å². The van der Waals surface area contributed by atoms with E-state index in [1.807, 2.05) is 0 Å². The maximum atomic E-state index is 5.68. The van der Waals surface area contributed by atoms with Gasteiger partial charge in [-0.3, -0.25) is 0 Å². The van der Waals surface area contributed by atoms with Crippen LogP contribution in [0.3, 0.4) is 0 Å². The van der Waals surface area contributed by atoms with Crippen molar-refractivity contribution in [2.75, 3.05) is 14.2 Å². The summed E-state index contributed by atoms with van der Waals surface area (Å²) in [7, 11) is 3.47. The number of hydrogen-bond donors (Lipinski definition) is 0. The van der Waals surface area contributed by atoms with Crippen LogP contribution in [0.4, 0.5) is 0 Å². The molecule has 12 aromatic carbocycles. The van der Waals surface area contributed by atoms with Crippen molar-refractivity contribution in [1.29, 1.82) is 0 Å². The predicted molar refractivity (Wildman–Crippen MR) is 229 cm³/mol. The largest absolute Gasteiger partial charge is 0.497 e. The number of rotatable bonds is 4. The monoisotopic (exact) mass is 740 g/mol. The summed E-state index contributed by atoms with van der Waals surface area (Å²) in [5.41, 5.74) is 4.88. The van der Waals surface area contributed by atoms with Gasteiger partial charge >= 0.3 is 0 Å². The average Bonchev–Trinajstić information content (AvgIpc) is 3.73. The fraction of sp³-hybridized carbons (Fsp3) is 0.0400. The zero-order valence-corrected chi connectivity index (χ0v) is 30.6. The van der Waals surface area contributed by atoms with Gasteiger partial charge in [-0.15, -0.1) is 0 Å². The highest BCUT2D eigenvalue weighted by atomic mass is 79.9. The number of halogens is 1. The lowest BCUT2D eigenvalue weighted by atomic mass is 9.87. The van der Waals surface area contributed by atoms with Crippen molar-refractivity contribution in [2.45, 2.75) is 0 Å². The summed E-state index contributed by atoms with van der Waals surface area (Å²) in [5.74, 6) is 1.70. The number of methoxy groups -OCH3 is 2. The van der Waals surface area contributed by atoms with E-state index in [-0.39, 0.29) is 0 Å². The maximum absolute atomic E-state index is 5.68. The summed E-state index contributed by atoms with van der Waals surface area (Å²) >= 11 is 3.91. The second-order valence-electron chi connectivity index (χ2n) is 14.3. The normalized spacial score (nSPS) is 12.4. The van der Waals surface area contributed by atoms with E-state index in [1.54, 1.807) is 14.2 Å². The molecule has 0 spiro atoms. The third kappa shape index (κ3) is 3.67. The van der Waals surface area contributed by atoms with Crippen LogP contribution in [0, 0.1) is 0 Å². The standard InChI is InChI=1S/C50H29BrO2/c1-52-29-16-12-27(13-17-29)42-47-36-11-5-10-35-40(51)25-24-37(44(35)36)48(47)43(28-14-18-30(53-2)19-15-28)50-39-23-21-34-32-9-4-7-26-6-3-8-31(41(26)32)33-20-22-38(49(42)50)46(39)45(33)34/h3-25H,1-2H3. The highest BCUT2D eigenvalue weighted by molar-refractivity contribution is 9.10. The Balaban J connectivity index is 1.41. The van der Waals surface area contributed by atoms with Crippen LogP contribution in [-0.2, 0) is 0 Å². The maximum Gasteiger partial charge on any atom is 0.118 e. The molecule has 0 atom stereocenters. The first-order valence-corrected chi connectivity index (χ1v) is 18.8. The van der Waals surface area contributed by atoms with E-state index in [0.29, 0.717) is 0 Å². The summed E-state index contributed by atoms with van der Waals surface area (Å²) in [5, 5.41) is 23.3. The van der Waals surface area contributed by atoms with Crippen molar-refractivity contribution < 1.29 is 9.47 Å². The van der Waals surface area contributed by atoms with Gasteiger partial charge in [-0.1, -0.05) is 125 Å². The van der Waals surface area contributed by atoms with Gasteiger partial charge in [0, 0.05) is 4.47 Å². The molecule has 12 rings (SSSR count). The number of benzene rings is 10. The molecule has 0 aliphatic carbocycles. The Kier molecular flexibility index (Phi) is 5.81. The highest BCUT2D eigenvalue weighted by Gasteiger charge is 2.29. The van der Waals surface area contributed by atoms with E-state index in [9.17, 15) is 0 Å². The van der Waals surface area contributed by atoms with E-state index < -0.39 is 0 Å². The van der Waals surface area contributed by atoms with Crippen LogP contribution in [0.5, 0.6) is 11.5 Å². The molecule has 248 valence electrons. The van der Waals surface area contributed by atoms with Crippen molar-refractivity contribution in [3.8, 4) is 33.8 Å². The second-order valence-corrected chi connectivity index (χ2v) is 15.2. The van der Waals surface area contributed by atoms with Crippen LogP contribution in [-0.4, -0.2) is 14.2 Å². The molecule has 3 heteroatoms. The zero-order valence-electron chi connectivity index (χ0n) is 29.0. The van der Waals surface area contributed by atoms with Crippen LogP contribution in [0.2, 0.25) is 0 Å². The van der Waals surface area contributed by atoms with Crippen molar-refractivity contribution in [2.24, 2.45) is 0 Å². The lowest BCUT2D eigenvalue weighted by Crippen LogP contribution is -1.89. The Morgan fingerprint density at radius 3 is 1.23 bits per heavy atom. The molecule has 0 heterocycles. The molecule has 0 aromatic heterocycles. The first-order chi connectivity index (χ1) is 26.1. The Bertz CT molecular complexity index is 3270. The molecule has 0 aliphatic heterocycles. The summed E-state index contributed by atoms with van der Waals surface area (Å²) in [4.78, 5) is 0. The molecular weight excluding hydrogens is 712 g/mol. The molecule has 0 saturated carbocycles. The van der Waals surface area contributed by atoms with Crippen molar-refractivity contribution in [3.05, 3.63) is 144 Å². The smallest absolute Gasteiger partial charge is 0.118 e. The molecule has 0 N–H and O–H groups in total. The first-order valence-electron chi connectivity index (χ1n) is 18.0. The van der Waals surface area contributed by atoms with E-state index in [0.717, 1.165) is 16.0 Å². The van der Waals surface area contributed by atoms with Gasteiger partial charge in [-0.2, -0.15) is 0 Å². The van der Waals surface area contributed by atoms with Crippen LogP contribution in [0.25, 0.3) is 119 Å². The Labute approximate surface area is 312 Å². The minimum absolute atomic E-state index is 0.848. The van der Waals surface area contributed by atoms with Crippen LogP contribution < -0.4 is 9.47 Å². The third-order valence-electron chi connectivity index (χ3n) is 12.0. The first kappa shape index (κ1) is 29.4. The Morgan fingerprint density at radius 2 is 0.698 bits per heavy atom. The van der Waals surface area contributed by atoms with E-state index in [2.05, 4.69) is 155 Å². The molecular formula is C50H29BrO2. The zero-order chi connectivity index (χ0) is 35.1. The molecule has 0 saturated heterocycles. The lowest BCUT2D eigenvalue weighted by Gasteiger charge is -2.16. The number of fused-ring (bicyclic) bond motifs is 8. The van der Waals surface area contributed by atoms with Crippen molar-refractivity contribution in [3.63, 3.8) is 0 Å². The number of ether oxygens (including phenoxy) is 2. The summed E-state index contributed by atoms with van der Waals surface area (Å²) in [6.45, 7) is 0. The topological polar surface area (TPSA) is 18.5 Å². The minimum atomic E-state index is 0.848. The highest BCUT2D eigenvalue weighted by Crippen LogP contribution is 2.57. The fourth-order valence-corrected chi connectivity index (χ4v) is 10.3. The Morgan fingerprint density at radius 1 is 0.321 bits per heavy atom. The molecule has 53 heavy (non-hydrogen) atoms. The molecule has 2 nitrogen and oxygen atoms in total. The third-order valence-corrected chi connectivity index (χ3v) is 12.7. The van der Waals surface area contributed by atoms with Gasteiger partial charge in [0.15, 0.2) is 0 Å². The summed E-state index contributed by atoms with van der Waals surface area (Å²) in [6.07, 6.45) is 0. The molecule has 0 aliphatic rings. The molecule has 0 radical (unpaired) electrons. The van der Waals surface area contributed by atoms with E-state index in [4.69, 9.17) is 9.47 Å². The fourth-order valence-electron chi connectivity index (χ4n) is 9.86. The second kappa shape index (κ2) is 10.5. The molecule has 0 bridgehead atoms. The van der Waals surface area contributed by atoms with E-state index >= 15 is 0 Å². The quantitative estimate of drug-likeness (QED) is 0.132. The van der Waals surface area contributed by atoms with Gasteiger partial charge in [-0.05, 0) is 150 Å². The SMILES string of the molecule is COc1ccc(-c2c3c4cccc5c(Br)ccc(c3c(-c3ccc(OC)cc3)c3c6ccc7c8cccc9cccc(c%10ccc(c23)c6c%107)c98)c54)cc1. The molecule has 0 fully saturated rings. The molecule has 0 unspecified atom stereocenters. The average molecular weight is 742 g/mol. The van der Waals surface area contributed by atoms with Crippen molar-refractivity contribution in [1.82, 2.24) is 0 Å². The van der Waals surface area contributed by atoms with Gasteiger partial charge in [0.25, 0.3) is 0 Å². The predicted octanol–water partition coefficient (Wildman–Crippen LogP) is 14.5. The summed E-state index contributed by atoms with van der Waals surface area (Å²) < 4.78 is 12.5. The minimum Gasteiger partial charge on any atom is -0.497 e. The Hall–Kier alpha value is -6.16. The van der Waals surface area contributed by atoms with Crippen LogP contribution in [0.1, 0.15) is 0 Å². The van der Waals surface area contributed by atoms with Gasteiger partial charge in [0.2, 0.25) is 0 Å². The summed E-state index contributed by atoms with van der Waals surface area (Å²) in [6, 6.07) is 51.7. The van der Waals surface area contributed by atoms with Crippen molar-refractivity contribution >= 4 is 113 Å². The van der Waals surface area contributed by atoms with Crippen LogP contribution in [0.15, 0.2) is 144 Å². The van der Waals surface area contributed by atoms with Gasteiger partial charge in [-0.25, -0.2) is 0 Å². The number of hydrogen-bond acceptors (Lipinski definition) is 2. The molecule has 12 aromatic rings. The van der Waals surface area contributed by atoms with Gasteiger partial charge < -0.3 is 9.47 Å². The lowest BCUT2D eigenvalue weighted by molar-refractivity contribution is 0.415. The van der Waals surface area contributed by atoms with Gasteiger partial charge in [0.05, 0.1) is 14.2 Å². The van der Waals surface area contributed by atoms with Gasteiger partial charge in [0.1, 0.15) is 11.5 Å². The molecule has 0 amide bonds.